The van der Waals surface area contributed by atoms with Crippen molar-refractivity contribution in [3.8, 4) is 0 Å². The zero-order valence-electron chi connectivity index (χ0n) is 10.8. The van der Waals surface area contributed by atoms with Crippen LogP contribution >= 0.6 is 0 Å². The normalized spacial score (nSPS) is 10.9. The van der Waals surface area contributed by atoms with E-state index in [1.807, 2.05) is 0 Å². The number of halogens is 4. The van der Waals surface area contributed by atoms with Crippen LogP contribution in [-0.2, 0) is 0 Å². The molecular formula is C11H10F4N4O. The van der Waals surface area contributed by atoms with Crippen molar-refractivity contribution in [2.75, 3.05) is 0 Å². The fourth-order valence-corrected chi connectivity index (χ4v) is 1.36. The summed E-state index contributed by atoms with van der Waals surface area (Å²) in [5.74, 6) is -9.03. The van der Waals surface area contributed by atoms with Crippen LogP contribution in [0, 0.1) is 23.3 Å². The zero-order valence-corrected chi connectivity index (χ0v) is 10.8. The summed E-state index contributed by atoms with van der Waals surface area (Å²) in [6, 6.07) is 0. The molecule has 5 nitrogen and oxygen atoms in total. The van der Waals surface area contributed by atoms with E-state index in [4.69, 9.17) is 5.53 Å². The molecule has 9 heteroatoms. The maximum Gasteiger partial charge on any atom is 0.257 e. The summed E-state index contributed by atoms with van der Waals surface area (Å²) in [6.45, 7) is 4.55. The molecular weight excluding hydrogens is 280 g/mol. The van der Waals surface area contributed by atoms with Crippen LogP contribution in [0.1, 0.15) is 31.1 Å². The van der Waals surface area contributed by atoms with Crippen molar-refractivity contribution < 1.29 is 22.4 Å². The summed E-state index contributed by atoms with van der Waals surface area (Å²) in [5, 5.41) is 4.69. The van der Waals surface area contributed by atoms with Gasteiger partial charge < -0.3 is 5.32 Å². The number of amides is 1. The second-order valence-corrected chi connectivity index (χ2v) is 4.87. The lowest BCUT2D eigenvalue weighted by Gasteiger charge is -2.21. The van der Waals surface area contributed by atoms with Gasteiger partial charge in [-0.3, -0.25) is 4.79 Å². The van der Waals surface area contributed by atoms with E-state index in [1.165, 1.54) is 20.8 Å². The minimum absolute atomic E-state index is 0.869. The van der Waals surface area contributed by atoms with E-state index in [9.17, 15) is 22.4 Å². The van der Waals surface area contributed by atoms with Gasteiger partial charge in [-0.25, -0.2) is 17.6 Å². The molecule has 0 unspecified atom stereocenters. The van der Waals surface area contributed by atoms with E-state index in [0.717, 1.165) is 0 Å². The largest absolute Gasteiger partial charge is 0.347 e. The minimum atomic E-state index is -1.93. The molecule has 0 saturated carbocycles. The Labute approximate surface area is 111 Å². The molecule has 1 amide bonds. The first-order chi connectivity index (χ1) is 9.10. The second kappa shape index (κ2) is 5.38. The molecule has 0 spiro atoms. The molecule has 1 aromatic rings. The summed E-state index contributed by atoms with van der Waals surface area (Å²) in [4.78, 5) is 13.7. The Kier molecular flexibility index (Phi) is 4.24. The fourth-order valence-electron chi connectivity index (χ4n) is 1.36. The molecule has 0 aliphatic rings. The Hall–Kier alpha value is -2.28. The molecule has 0 aliphatic carbocycles. The summed E-state index contributed by atoms with van der Waals surface area (Å²) in [6.07, 6.45) is 0. The van der Waals surface area contributed by atoms with Crippen molar-refractivity contribution >= 4 is 11.6 Å². The van der Waals surface area contributed by atoms with Gasteiger partial charge in [-0.1, -0.05) is 5.11 Å². The molecule has 0 bridgehead atoms. The molecule has 1 rings (SSSR count). The van der Waals surface area contributed by atoms with Crippen LogP contribution < -0.4 is 5.32 Å². The average molecular weight is 290 g/mol. The van der Waals surface area contributed by atoms with Crippen LogP contribution in [-0.4, -0.2) is 11.4 Å². The molecule has 0 aromatic heterocycles. The molecule has 20 heavy (non-hydrogen) atoms. The third-order valence-corrected chi connectivity index (χ3v) is 2.10. The van der Waals surface area contributed by atoms with E-state index in [2.05, 4.69) is 15.3 Å². The first-order valence-electron chi connectivity index (χ1n) is 5.33. The molecule has 1 aromatic carbocycles. The molecule has 0 radical (unpaired) electrons. The van der Waals surface area contributed by atoms with Crippen LogP contribution in [0.4, 0.5) is 23.2 Å². The van der Waals surface area contributed by atoms with Crippen LogP contribution in [0.3, 0.4) is 0 Å². The standard InChI is InChI=1S/C11H10F4N4O/c1-11(2,3)17-10(20)4-5(12)7(14)9(18-19-16)8(15)6(4)13/h1-3H3,(H,17,20). The topological polar surface area (TPSA) is 77.9 Å². The molecule has 108 valence electrons. The van der Waals surface area contributed by atoms with Crippen LogP contribution in [0.25, 0.3) is 10.4 Å². The van der Waals surface area contributed by atoms with Gasteiger partial charge in [0.2, 0.25) is 0 Å². The Balaban J connectivity index is 3.51. The van der Waals surface area contributed by atoms with E-state index in [1.54, 1.807) is 0 Å². The van der Waals surface area contributed by atoms with Crippen molar-refractivity contribution in [2.45, 2.75) is 26.3 Å². The number of carbonyl (C=O) groups excluding carboxylic acids is 1. The maximum absolute atomic E-state index is 13.6. The number of nitrogens with one attached hydrogen (secondary N) is 1. The number of hydrogen-bond acceptors (Lipinski definition) is 2. The Morgan fingerprint density at radius 3 is 1.90 bits per heavy atom. The Morgan fingerprint density at radius 2 is 1.55 bits per heavy atom. The summed E-state index contributed by atoms with van der Waals surface area (Å²) in [5.41, 5.74) is 4.34. The zero-order chi connectivity index (χ0) is 15.7. The first-order valence-corrected chi connectivity index (χ1v) is 5.33. The third-order valence-electron chi connectivity index (χ3n) is 2.10. The number of rotatable bonds is 2. The Morgan fingerprint density at radius 1 is 1.10 bits per heavy atom. The summed E-state index contributed by atoms with van der Waals surface area (Å²) >= 11 is 0. The highest BCUT2D eigenvalue weighted by molar-refractivity contribution is 5.95. The van der Waals surface area contributed by atoms with Gasteiger partial charge in [0.25, 0.3) is 5.91 Å². The number of benzene rings is 1. The van der Waals surface area contributed by atoms with Crippen molar-refractivity contribution in [1.29, 1.82) is 0 Å². The minimum Gasteiger partial charge on any atom is -0.347 e. The van der Waals surface area contributed by atoms with Crippen molar-refractivity contribution in [3.05, 3.63) is 39.3 Å². The quantitative estimate of drug-likeness (QED) is 0.291. The molecule has 0 atom stereocenters. The number of carbonyl (C=O) groups is 1. The van der Waals surface area contributed by atoms with Crippen molar-refractivity contribution in [2.24, 2.45) is 5.11 Å². The van der Waals surface area contributed by atoms with Crippen molar-refractivity contribution in [3.63, 3.8) is 0 Å². The highest BCUT2D eigenvalue weighted by Gasteiger charge is 2.30. The van der Waals surface area contributed by atoms with E-state index in [-0.39, 0.29) is 0 Å². The molecule has 0 aliphatic heterocycles. The SMILES string of the molecule is CC(C)(C)NC(=O)c1c(F)c(F)c(N=[N+]=[N-])c(F)c1F. The number of nitrogens with zero attached hydrogens (tertiary/aromatic N) is 3. The molecule has 0 fully saturated rings. The van der Waals surface area contributed by atoms with Crippen LogP contribution in [0.15, 0.2) is 5.11 Å². The van der Waals surface area contributed by atoms with E-state index >= 15 is 0 Å². The summed E-state index contributed by atoms with van der Waals surface area (Å²) < 4.78 is 54.2. The lowest BCUT2D eigenvalue weighted by molar-refractivity contribution is 0.0908. The monoisotopic (exact) mass is 290 g/mol. The van der Waals surface area contributed by atoms with Gasteiger partial charge in [-0.15, -0.1) is 0 Å². The average Bonchev–Trinajstić information content (AvgIpc) is 2.30. The number of hydrogen-bond donors (Lipinski definition) is 1. The lowest BCUT2D eigenvalue weighted by atomic mass is 10.1. The highest BCUT2D eigenvalue weighted by atomic mass is 19.2. The maximum atomic E-state index is 13.6. The van der Waals surface area contributed by atoms with E-state index in [0.29, 0.717) is 0 Å². The molecule has 0 heterocycles. The van der Waals surface area contributed by atoms with Gasteiger partial charge in [0.05, 0.1) is 0 Å². The summed E-state index contributed by atoms with van der Waals surface area (Å²) in [7, 11) is 0. The lowest BCUT2D eigenvalue weighted by Crippen LogP contribution is -2.41. The van der Waals surface area contributed by atoms with Gasteiger partial charge in [0.1, 0.15) is 11.3 Å². The van der Waals surface area contributed by atoms with Crippen LogP contribution in [0.2, 0.25) is 0 Å². The predicted octanol–water partition coefficient (Wildman–Crippen LogP) is 3.71. The van der Waals surface area contributed by atoms with Crippen LogP contribution in [0.5, 0.6) is 0 Å². The Bertz CT molecular complexity index is 589. The van der Waals surface area contributed by atoms with Gasteiger partial charge >= 0.3 is 0 Å². The fraction of sp³-hybridized carbons (Fsp3) is 0.364. The van der Waals surface area contributed by atoms with E-state index < -0.39 is 46.0 Å². The van der Waals surface area contributed by atoms with Crippen molar-refractivity contribution in [1.82, 2.24) is 5.32 Å². The van der Waals surface area contributed by atoms with Gasteiger partial charge in [0.15, 0.2) is 23.3 Å². The highest BCUT2D eigenvalue weighted by Crippen LogP contribution is 2.30. The third kappa shape index (κ3) is 3.00. The molecule has 1 N–H and O–H groups in total. The molecule has 0 saturated heterocycles. The predicted molar refractivity (Wildman–Crippen MR) is 62.3 cm³/mol. The first kappa shape index (κ1) is 15.8. The smallest absolute Gasteiger partial charge is 0.257 e. The number of azide groups is 1. The van der Waals surface area contributed by atoms with Gasteiger partial charge in [0, 0.05) is 10.5 Å². The van der Waals surface area contributed by atoms with Gasteiger partial charge in [-0.2, -0.15) is 0 Å². The van der Waals surface area contributed by atoms with Gasteiger partial charge in [-0.05, 0) is 26.3 Å². The second-order valence-electron chi connectivity index (χ2n) is 4.87.